The van der Waals surface area contributed by atoms with Crippen LogP contribution in [0.1, 0.15) is 18.1 Å². The normalized spacial score (nSPS) is 18.1. The van der Waals surface area contributed by atoms with Gasteiger partial charge in [0.2, 0.25) is 0 Å². The number of ketones is 1. The summed E-state index contributed by atoms with van der Waals surface area (Å²) in [6.45, 7) is 2.28. The Labute approximate surface area is 162 Å². The molecule has 0 spiro atoms. The third-order valence-corrected chi connectivity index (χ3v) is 4.54. The third-order valence-electron chi connectivity index (χ3n) is 4.54. The van der Waals surface area contributed by atoms with Gasteiger partial charge in [-0.15, -0.1) is 0 Å². The number of Topliss-reactive ketones (excluding diaryl/α,β-unsaturated/α-hetero) is 1. The van der Waals surface area contributed by atoms with Crippen molar-refractivity contribution in [2.45, 2.75) is 6.92 Å². The predicted molar refractivity (Wildman–Crippen MR) is 95.7 cm³/mol. The molecule has 0 aromatic heterocycles. The fourth-order valence-corrected chi connectivity index (χ4v) is 3.06. The van der Waals surface area contributed by atoms with Crippen LogP contribution in [-0.4, -0.2) is 30.3 Å². The molecule has 0 bridgehead atoms. The van der Waals surface area contributed by atoms with Gasteiger partial charge < -0.3 is 0 Å². The summed E-state index contributed by atoms with van der Waals surface area (Å²) in [5, 5.41) is 0. The molecule has 3 rings (SSSR count). The first-order valence-electron chi connectivity index (χ1n) is 8.67. The Morgan fingerprint density at radius 2 is 1.10 bits per heavy atom. The SMILES string of the molecule is CCN1C/C(=C\c2c(F)cc(F)cc2F)C(=O)/C(=C/c2c(F)cc(F)cc2F)C1. The molecule has 0 radical (unpaired) electrons. The van der Waals surface area contributed by atoms with Crippen molar-refractivity contribution in [1.29, 1.82) is 0 Å². The van der Waals surface area contributed by atoms with Crippen molar-refractivity contribution < 1.29 is 31.1 Å². The van der Waals surface area contributed by atoms with Crippen LogP contribution in [0.2, 0.25) is 0 Å². The number of halogens is 6. The zero-order chi connectivity index (χ0) is 21.3. The molecule has 2 nitrogen and oxygen atoms in total. The average molecular weight is 411 g/mol. The van der Waals surface area contributed by atoms with E-state index in [0.29, 0.717) is 30.8 Å². The minimum atomic E-state index is -1.18. The first-order valence-corrected chi connectivity index (χ1v) is 8.67. The van der Waals surface area contributed by atoms with Gasteiger partial charge in [0.1, 0.15) is 34.9 Å². The number of hydrogen-bond acceptors (Lipinski definition) is 2. The fraction of sp³-hybridized carbons (Fsp3) is 0.190. The topological polar surface area (TPSA) is 20.3 Å². The van der Waals surface area contributed by atoms with Crippen molar-refractivity contribution in [3.05, 3.63) is 81.4 Å². The summed E-state index contributed by atoms with van der Waals surface area (Å²) in [7, 11) is 0. The second-order valence-electron chi connectivity index (χ2n) is 6.54. The Bertz CT molecular complexity index is 918. The molecule has 152 valence electrons. The van der Waals surface area contributed by atoms with Gasteiger partial charge in [-0.2, -0.15) is 0 Å². The number of piperidine rings is 1. The highest BCUT2D eigenvalue weighted by molar-refractivity contribution is 6.14. The van der Waals surface area contributed by atoms with E-state index in [1.165, 1.54) is 0 Å². The highest BCUT2D eigenvalue weighted by Crippen LogP contribution is 2.26. The van der Waals surface area contributed by atoms with E-state index in [2.05, 4.69) is 0 Å². The number of likely N-dealkylation sites (tertiary alicyclic amines) is 1. The second kappa shape index (κ2) is 8.24. The van der Waals surface area contributed by atoms with Gasteiger partial charge in [-0.05, 0) is 18.7 Å². The summed E-state index contributed by atoms with van der Waals surface area (Å²) in [5.41, 5.74) is -1.24. The summed E-state index contributed by atoms with van der Waals surface area (Å²) in [6.07, 6.45) is 1.92. The third kappa shape index (κ3) is 4.42. The second-order valence-corrected chi connectivity index (χ2v) is 6.54. The van der Waals surface area contributed by atoms with Gasteiger partial charge in [0.25, 0.3) is 0 Å². The molecule has 1 saturated heterocycles. The molecule has 1 aliphatic heterocycles. The molecule has 2 aromatic carbocycles. The molecule has 1 aliphatic rings. The summed E-state index contributed by atoms with van der Waals surface area (Å²) < 4.78 is 82.1. The van der Waals surface area contributed by atoms with Crippen LogP contribution in [0.25, 0.3) is 12.2 Å². The van der Waals surface area contributed by atoms with Crippen LogP contribution in [0.4, 0.5) is 26.3 Å². The Kier molecular flexibility index (Phi) is 5.93. The van der Waals surface area contributed by atoms with E-state index >= 15 is 0 Å². The van der Waals surface area contributed by atoms with Crippen molar-refractivity contribution in [2.24, 2.45) is 0 Å². The molecule has 0 N–H and O–H groups in total. The van der Waals surface area contributed by atoms with Crippen LogP contribution in [0.5, 0.6) is 0 Å². The van der Waals surface area contributed by atoms with Crippen molar-refractivity contribution >= 4 is 17.9 Å². The Morgan fingerprint density at radius 1 is 0.759 bits per heavy atom. The summed E-state index contributed by atoms with van der Waals surface area (Å²) in [5.74, 6) is -7.60. The van der Waals surface area contributed by atoms with Gasteiger partial charge in [0.15, 0.2) is 5.78 Å². The summed E-state index contributed by atoms with van der Waals surface area (Å²) in [6, 6.07) is 1.95. The first kappa shape index (κ1) is 20.9. The standard InChI is InChI=1S/C21H15F6NO/c1-2-28-9-11(3-15-17(24)5-13(22)6-18(15)25)21(29)12(10-28)4-16-19(26)7-14(23)8-20(16)27/h3-8H,2,9-10H2,1H3/b11-3+,12-4+. The Hall–Kier alpha value is -2.87. The van der Waals surface area contributed by atoms with E-state index in [9.17, 15) is 31.1 Å². The lowest BCUT2D eigenvalue weighted by atomic mass is 9.94. The van der Waals surface area contributed by atoms with E-state index < -0.39 is 51.8 Å². The maximum atomic E-state index is 14.0. The fourth-order valence-electron chi connectivity index (χ4n) is 3.06. The lowest BCUT2D eigenvalue weighted by molar-refractivity contribution is -0.113. The molecular weight excluding hydrogens is 396 g/mol. The number of hydrogen-bond donors (Lipinski definition) is 0. The lowest BCUT2D eigenvalue weighted by Gasteiger charge is -2.28. The molecular formula is C21H15F6NO. The van der Waals surface area contributed by atoms with Crippen LogP contribution in [0.3, 0.4) is 0 Å². The molecule has 0 atom stereocenters. The molecule has 1 fully saturated rings. The van der Waals surface area contributed by atoms with E-state index in [4.69, 9.17) is 0 Å². The Morgan fingerprint density at radius 3 is 1.41 bits per heavy atom. The number of carbonyl (C=O) groups excluding carboxylic acids is 1. The minimum absolute atomic E-state index is 0.0308. The lowest BCUT2D eigenvalue weighted by Crippen LogP contribution is -2.37. The molecule has 0 amide bonds. The van der Waals surface area contributed by atoms with Crippen LogP contribution >= 0.6 is 0 Å². The monoisotopic (exact) mass is 411 g/mol. The quantitative estimate of drug-likeness (QED) is 0.529. The number of benzene rings is 2. The van der Waals surface area contributed by atoms with Gasteiger partial charge in [-0.25, -0.2) is 26.3 Å². The van der Waals surface area contributed by atoms with Crippen molar-refractivity contribution in [1.82, 2.24) is 4.90 Å². The minimum Gasteiger partial charge on any atom is -0.295 e. The zero-order valence-corrected chi connectivity index (χ0v) is 15.2. The molecule has 1 heterocycles. The first-order chi connectivity index (χ1) is 13.7. The maximum Gasteiger partial charge on any atom is 0.187 e. The summed E-state index contributed by atoms with van der Waals surface area (Å²) in [4.78, 5) is 14.5. The molecule has 2 aromatic rings. The number of carbonyl (C=O) groups is 1. The number of likely N-dealkylation sites (N-methyl/N-ethyl adjacent to an activating group) is 1. The van der Waals surface area contributed by atoms with Crippen LogP contribution in [0.15, 0.2) is 35.4 Å². The van der Waals surface area contributed by atoms with E-state index in [1.54, 1.807) is 11.8 Å². The molecule has 0 unspecified atom stereocenters. The number of rotatable bonds is 3. The molecule has 0 saturated carbocycles. The van der Waals surface area contributed by atoms with Gasteiger partial charge >= 0.3 is 0 Å². The molecule has 29 heavy (non-hydrogen) atoms. The van der Waals surface area contributed by atoms with E-state index in [-0.39, 0.29) is 24.2 Å². The van der Waals surface area contributed by atoms with Crippen LogP contribution in [-0.2, 0) is 4.79 Å². The number of nitrogens with zero attached hydrogens (tertiary/aromatic N) is 1. The average Bonchev–Trinajstić information content (AvgIpc) is 2.63. The van der Waals surface area contributed by atoms with Gasteiger partial charge in [-0.1, -0.05) is 6.92 Å². The van der Waals surface area contributed by atoms with Gasteiger partial charge in [0.05, 0.1) is 0 Å². The van der Waals surface area contributed by atoms with Gasteiger partial charge in [0, 0.05) is 59.6 Å². The van der Waals surface area contributed by atoms with E-state index in [0.717, 1.165) is 12.2 Å². The maximum absolute atomic E-state index is 14.0. The highest BCUT2D eigenvalue weighted by Gasteiger charge is 2.27. The van der Waals surface area contributed by atoms with Crippen LogP contribution < -0.4 is 0 Å². The van der Waals surface area contributed by atoms with Crippen molar-refractivity contribution in [3.8, 4) is 0 Å². The van der Waals surface area contributed by atoms with Crippen molar-refractivity contribution in [3.63, 3.8) is 0 Å². The predicted octanol–water partition coefficient (Wildman–Crippen LogP) is 4.89. The highest BCUT2D eigenvalue weighted by atomic mass is 19.2. The Balaban J connectivity index is 2.07. The van der Waals surface area contributed by atoms with Gasteiger partial charge in [-0.3, -0.25) is 9.69 Å². The molecule has 8 heteroatoms. The summed E-state index contributed by atoms with van der Waals surface area (Å²) >= 11 is 0. The van der Waals surface area contributed by atoms with Crippen LogP contribution in [0, 0.1) is 34.9 Å². The largest absolute Gasteiger partial charge is 0.295 e. The smallest absolute Gasteiger partial charge is 0.187 e. The zero-order valence-electron chi connectivity index (χ0n) is 15.2. The molecule has 0 aliphatic carbocycles. The van der Waals surface area contributed by atoms with Crippen molar-refractivity contribution in [2.75, 3.05) is 19.6 Å². The van der Waals surface area contributed by atoms with E-state index in [1.807, 2.05) is 0 Å².